The number of hydrogen-bond acceptors (Lipinski definition) is 4. The number of aliphatic hydroxyl groups is 1. The van der Waals surface area contributed by atoms with Crippen LogP contribution in [-0.2, 0) is 11.4 Å². The maximum Gasteiger partial charge on any atom is 0.233 e. The van der Waals surface area contributed by atoms with Gasteiger partial charge in [-0.2, -0.15) is 0 Å². The largest absolute Gasteiger partial charge is 0.390 e. The van der Waals surface area contributed by atoms with E-state index in [1.54, 1.807) is 6.20 Å². The Morgan fingerprint density at radius 2 is 2.10 bits per heavy atom. The number of nitrogens with zero attached hydrogens (tertiary/aromatic N) is 3. The highest BCUT2D eigenvalue weighted by molar-refractivity contribution is 7.99. The zero-order chi connectivity index (χ0) is 15.2. The first-order valence-electron chi connectivity index (χ1n) is 7.78. The average Bonchev–Trinajstić information content (AvgIpc) is 3.14. The molecule has 0 aliphatic heterocycles. The van der Waals surface area contributed by atoms with Crippen LogP contribution in [0.1, 0.15) is 51.3 Å². The van der Waals surface area contributed by atoms with Gasteiger partial charge in [0.25, 0.3) is 0 Å². The van der Waals surface area contributed by atoms with Crippen molar-refractivity contribution in [3.05, 3.63) is 11.9 Å². The molecule has 1 aliphatic rings. The monoisotopic (exact) mass is 311 g/mol. The van der Waals surface area contributed by atoms with E-state index in [0.717, 1.165) is 36.8 Å². The second-order valence-corrected chi connectivity index (χ2v) is 6.30. The lowest BCUT2D eigenvalue weighted by Crippen LogP contribution is -2.32. The Bertz CT molecular complexity index is 465. The maximum atomic E-state index is 12.1. The van der Waals surface area contributed by atoms with Crippen LogP contribution in [0, 0.1) is 0 Å². The van der Waals surface area contributed by atoms with Gasteiger partial charge in [0.1, 0.15) is 0 Å². The van der Waals surface area contributed by atoms with Gasteiger partial charge in [0.05, 0.1) is 24.3 Å². The molecule has 1 amide bonds. The molecule has 0 spiro atoms. The third-order valence-corrected chi connectivity index (χ3v) is 5.08. The molecule has 1 saturated carbocycles. The van der Waals surface area contributed by atoms with Crippen molar-refractivity contribution >= 4 is 17.7 Å². The minimum absolute atomic E-state index is 0.00799. The fourth-order valence-corrected chi connectivity index (χ4v) is 3.92. The summed E-state index contributed by atoms with van der Waals surface area (Å²) in [6, 6.07) is 0.431. The molecule has 1 fully saturated rings. The lowest BCUT2D eigenvalue weighted by atomic mass is 10.2. The number of aliphatic hydroxyl groups excluding tert-OH is 1. The van der Waals surface area contributed by atoms with Gasteiger partial charge in [0.2, 0.25) is 5.91 Å². The van der Waals surface area contributed by atoms with Gasteiger partial charge in [-0.1, -0.05) is 24.6 Å². The number of carbonyl (C=O) groups excluding carboxylic acids is 1. The van der Waals surface area contributed by atoms with Gasteiger partial charge >= 0.3 is 0 Å². The Balaban J connectivity index is 2.06. The molecule has 0 unspecified atom stereocenters. The van der Waals surface area contributed by atoms with Crippen LogP contribution in [-0.4, -0.2) is 44.3 Å². The molecule has 1 aromatic heterocycles. The first-order chi connectivity index (χ1) is 10.2. The number of thioether (sulfide) groups is 1. The van der Waals surface area contributed by atoms with Crippen molar-refractivity contribution in [2.45, 2.75) is 57.3 Å². The van der Waals surface area contributed by atoms with Crippen molar-refractivity contribution in [1.29, 1.82) is 0 Å². The summed E-state index contributed by atoms with van der Waals surface area (Å²) in [5.41, 5.74) is 0.861. The number of carbonyl (C=O) groups is 1. The number of imidazole rings is 1. The third kappa shape index (κ3) is 3.80. The summed E-state index contributed by atoms with van der Waals surface area (Å²) in [6.07, 6.45) is 6.48. The fourth-order valence-electron chi connectivity index (χ4n) is 2.95. The zero-order valence-electron chi connectivity index (χ0n) is 12.9. The standard InChI is InChI=1S/C15H25N3O2S/c1-3-17(4-2)14(20)11-21-15-16-9-13(10-19)18(15)12-7-5-6-8-12/h9,12,19H,3-8,10-11H2,1-2H3. The molecular weight excluding hydrogens is 286 g/mol. The van der Waals surface area contributed by atoms with E-state index < -0.39 is 0 Å². The van der Waals surface area contributed by atoms with Crippen LogP contribution < -0.4 is 0 Å². The van der Waals surface area contributed by atoms with Gasteiger partial charge in [0.15, 0.2) is 5.16 Å². The van der Waals surface area contributed by atoms with E-state index in [2.05, 4.69) is 9.55 Å². The van der Waals surface area contributed by atoms with Gasteiger partial charge in [-0.15, -0.1) is 0 Å². The predicted octanol–water partition coefficient (Wildman–Crippen LogP) is 2.45. The van der Waals surface area contributed by atoms with Crippen LogP contribution >= 0.6 is 11.8 Å². The molecule has 2 rings (SSSR count). The van der Waals surface area contributed by atoms with E-state index in [4.69, 9.17) is 0 Å². The molecule has 21 heavy (non-hydrogen) atoms. The quantitative estimate of drug-likeness (QED) is 0.786. The predicted molar refractivity (Wildman–Crippen MR) is 84.3 cm³/mol. The summed E-state index contributed by atoms with van der Waals surface area (Å²) in [7, 11) is 0. The van der Waals surface area contributed by atoms with Crippen molar-refractivity contribution in [3.63, 3.8) is 0 Å². The van der Waals surface area contributed by atoms with E-state index >= 15 is 0 Å². The van der Waals surface area contributed by atoms with E-state index in [-0.39, 0.29) is 12.5 Å². The molecule has 118 valence electrons. The van der Waals surface area contributed by atoms with Crippen molar-refractivity contribution in [1.82, 2.24) is 14.5 Å². The third-order valence-electron chi connectivity index (χ3n) is 4.13. The maximum absolute atomic E-state index is 12.1. The summed E-state index contributed by atoms with van der Waals surface area (Å²) in [6.45, 7) is 5.49. The molecule has 1 aromatic rings. The molecule has 0 radical (unpaired) electrons. The number of amides is 1. The first-order valence-corrected chi connectivity index (χ1v) is 8.77. The summed E-state index contributed by atoms with van der Waals surface area (Å²) in [5, 5.41) is 10.4. The van der Waals surface area contributed by atoms with Crippen LogP contribution in [0.15, 0.2) is 11.4 Å². The lowest BCUT2D eigenvalue weighted by molar-refractivity contribution is -0.127. The summed E-state index contributed by atoms with van der Waals surface area (Å²) in [4.78, 5) is 18.4. The molecule has 0 saturated heterocycles. The van der Waals surface area contributed by atoms with E-state index in [0.29, 0.717) is 11.8 Å². The minimum Gasteiger partial charge on any atom is -0.390 e. The highest BCUT2D eigenvalue weighted by Gasteiger charge is 2.23. The number of hydrogen-bond donors (Lipinski definition) is 1. The van der Waals surface area contributed by atoms with Crippen LogP contribution in [0.3, 0.4) is 0 Å². The topological polar surface area (TPSA) is 58.4 Å². The second-order valence-electron chi connectivity index (χ2n) is 5.35. The lowest BCUT2D eigenvalue weighted by Gasteiger charge is -2.20. The zero-order valence-corrected chi connectivity index (χ0v) is 13.7. The molecule has 1 heterocycles. The molecule has 5 nitrogen and oxygen atoms in total. The normalized spacial score (nSPS) is 15.6. The first kappa shape index (κ1) is 16.4. The molecule has 6 heteroatoms. The van der Waals surface area contributed by atoms with E-state index in [9.17, 15) is 9.90 Å². The highest BCUT2D eigenvalue weighted by atomic mass is 32.2. The summed E-state index contributed by atoms with van der Waals surface area (Å²) in [5.74, 6) is 0.563. The van der Waals surface area contributed by atoms with Crippen LogP contribution in [0.2, 0.25) is 0 Å². The van der Waals surface area contributed by atoms with Crippen molar-refractivity contribution in [3.8, 4) is 0 Å². The van der Waals surface area contributed by atoms with Crippen LogP contribution in [0.4, 0.5) is 0 Å². The minimum atomic E-state index is 0.00799. The smallest absolute Gasteiger partial charge is 0.233 e. The van der Waals surface area contributed by atoms with Gasteiger partial charge in [0, 0.05) is 19.1 Å². The Kier molecular flexibility index (Phi) is 6.11. The molecular formula is C15H25N3O2S. The molecule has 0 atom stereocenters. The van der Waals surface area contributed by atoms with Gasteiger partial charge in [-0.05, 0) is 26.7 Å². The van der Waals surface area contributed by atoms with Crippen molar-refractivity contribution in [2.75, 3.05) is 18.8 Å². The van der Waals surface area contributed by atoms with Crippen molar-refractivity contribution < 1.29 is 9.90 Å². The highest BCUT2D eigenvalue weighted by Crippen LogP contribution is 2.34. The molecule has 1 aliphatic carbocycles. The Labute approximate surface area is 130 Å². The van der Waals surface area contributed by atoms with E-state index in [1.807, 2.05) is 18.7 Å². The SMILES string of the molecule is CCN(CC)C(=O)CSc1ncc(CO)n1C1CCCC1. The molecule has 1 N–H and O–H groups in total. The van der Waals surface area contributed by atoms with Crippen molar-refractivity contribution in [2.24, 2.45) is 0 Å². The van der Waals surface area contributed by atoms with Crippen LogP contribution in [0.5, 0.6) is 0 Å². The summed E-state index contributed by atoms with van der Waals surface area (Å²) < 4.78 is 2.15. The van der Waals surface area contributed by atoms with Crippen LogP contribution in [0.25, 0.3) is 0 Å². The Morgan fingerprint density at radius 1 is 1.43 bits per heavy atom. The fraction of sp³-hybridized carbons (Fsp3) is 0.733. The van der Waals surface area contributed by atoms with Gasteiger partial charge in [-0.25, -0.2) is 4.98 Å². The number of aromatic nitrogens is 2. The molecule has 0 aromatic carbocycles. The Morgan fingerprint density at radius 3 is 2.67 bits per heavy atom. The van der Waals surface area contributed by atoms with Gasteiger partial charge in [-0.3, -0.25) is 4.79 Å². The van der Waals surface area contributed by atoms with Gasteiger partial charge < -0.3 is 14.6 Å². The number of rotatable bonds is 7. The second kappa shape index (κ2) is 7.84. The Hall–Kier alpha value is -1.01. The van der Waals surface area contributed by atoms with E-state index in [1.165, 1.54) is 24.6 Å². The molecule has 0 bridgehead atoms. The summed E-state index contributed by atoms with van der Waals surface area (Å²) >= 11 is 1.49. The average molecular weight is 311 g/mol.